The molecule has 0 aromatic rings. The molecule has 0 aliphatic heterocycles. The van der Waals surface area contributed by atoms with Crippen LogP contribution in [-0.4, -0.2) is 27.4 Å². The fraction of sp³-hybridized carbons (Fsp3) is 1.00. The first-order valence-electron chi connectivity index (χ1n) is 5.80. The van der Waals surface area contributed by atoms with E-state index in [1.54, 1.807) is 0 Å². The molecule has 98 valence electrons. The highest BCUT2D eigenvalue weighted by molar-refractivity contribution is 7.89. The Hall–Kier alpha value is -0.130. The van der Waals surface area contributed by atoms with E-state index >= 15 is 0 Å². The average Bonchev–Trinajstić information content (AvgIpc) is 2.07. The first-order valence-corrected chi connectivity index (χ1v) is 7.52. The maximum Gasteiger partial charge on any atom is 0.209 e. The zero-order valence-corrected chi connectivity index (χ0v) is 11.6. The molecule has 0 radical (unpaired) electrons. The van der Waals surface area contributed by atoms with Gasteiger partial charge in [0.05, 0.1) is 12.4 Å². The maximum absolute atomic E-state index is 11.0. The lowest BCUT2D eigenvalue weighted by Gasteiger charge is -2.19. The molecule has 0 saturated carbocycles. The fourth-order valence-electron chi connectivity index (χ4n) is 1.29. The van der Waals surface area contributed by atoms with Crippen molar-refractivity contribution in [2.75, 3.05) is 19.0 Å². The largest absolute Gasteiger partial charge is 0.381 e. The van der Waals surface area contributed by atoms with Crippen LogP contribution < -0.4 is 5.14 Å². The molecular weight excluding hydrogens is 226 g/mol. The summed E-state index contributed by atoms with van der Waals surface area (Å²) in [5.74, 6) is 0.863. The Morgan fingerprint density at radius 3 is 2.12 bits per heavy atom. The summed E-state index contributed by atoms with van der Waals surface area (Å²) in [5.41, 5.74) is 0. The molecule has 2 N–H and O–H groups in total. The number of rotatable bonds is 8. The van der Waals surface area contributed by atoms with Gasteiger partial charge in [0, 0.05) is 6.61 Å². The fourth-order valence-corrected chi connectivity index (χ4v) is 2.36. The van der Waals surface area contributed by atoms with E-state index in [2.05, 4.69) is 13.8 Å². The van der Waals surface area contributed by atoms with Crippen LogP contribution in [0, 0.1) is 17.8 Å². The molecule has 1 unspecified atom stereocenters. The van der Waals surface area contributed by atoms with Crippen LogP contribution in [0.25, 0.3) is 0 Å². The Labute approximate surface area is 99.6 Å². The van der Waals surface area contributed by atoms with Gasteiger partial charge < -0.3 is 4.74 Å². The summed E-state index contributed by atoms with van der Waals surface area (Å²) in [6, 6.07) is 0. The lowest BCUT2D eigenvalue weighted by Crippen LogP contribution is -2.29. The number of nitrogens with two attached hydrogens (primary N) is 1. The first kappa shape index (κ1) is 15.9. The van der Waals surface area contributed by atoms with E-state index in [-0.39, 0.29) is 17.6 Å². The van der Waals surface area contributed by atoms with Gasteiger partial charge in [-0.25, -0.2) is 13.6 Å². The summed E-state index contributed by atoms with van der Waals surface area (Å²) in [6.45, 7) is 9.40. The second kappa shape index (κ2) is 7.25. The molecule has 0 aliphatic carbocycles. The molecule has 0 fully saturated rings. The molecule has 16 heavy (non-hydrogen) atoms. The van der Waals surface area contributed by atoms with Crippen molar-refractivity contribution in [3.63, 3.8) is 0 Å². The Kier molecular flexibility index (Phi) is 7.19. The monoisotopic (exact) mass is 251 g/mol. The summed E-state index contributed by atoms with van der Waals surface area (Å²) in [5, 5.41) is 5.04. The minimum atomic E-state index is -3.40. The van der Waals surface area contributed by atoms with Crippen LogP contribution in [0.1, 0.15) is 34.1 Å². The zero-order chi connectivity index (χ0) is 12.8. The highest BCUT2D eigenvalue weighted by Crippen LogP contribution is 2.13. The molecule has 4 nitrogen and oxygen atoms in total. The van der Waals surface area contributed by atoms with Gasteiger partial charge in [0.2, 0.25) is 10.0 Å². The Bertz CT molecular complexity index is 273. The minimum absolute atomic E-state index is 0.00629. The number of sulfonamides is 1. The van der Waals surface area contributed by atoms with Gasteiger partial charge in [-0.05, 0) is 24.2 Å². The van der Waals surface area contributed by atoms with Gasteiger partial charge in [-0.3, -0.25) is 0 Å². The van der Waals surface area contributed by atoms with E-state index in [4.69, 9.17) is 9.88 Å². The van der Waals surface area contributed by atoms with Crippen LogP contribution in [0.4, 0.5) is 0 Å². The maximum atomic E-state index is 11.0. The highest BCUT2D eigenvalue weighted by atomic mass is 32.2. The predicted octanol–water partition coefficient (Wildman–Crippen LogP) is 1.61. The SMILES string of the molecule is CC(C)CCOCC(CS(N)(=O)=O)C(C)C. The first-order chi connectivity index (χ1) is 7.22. The van der Waals surface area contributed by atoms with Gasteiger partial charge in [-0.1, -0.05) is 27.7 Å². The quantitative estimate of drug-likeness (QED) is 0.666. The van der Waals surface area contributed by atoms with E-state index in [1.807, 2.05) is 13.8 Å². The minimum Gasteiger partial charge on any atom is -0.381 e. The van der Waals surface area contributed by atoms with E-state index in [0.29, 0.717) is 19.1 Å². The van der Waals surface area contributed by atoms with Gasteiger partial charge in [-0.2, -0.15) is 0 Å². The van der Waals surface area contributed by atoms with Gasteiger partial charge >= 0.3 is 0 Å². The summed E-state index contributed by atoms with van der Waals surface area (Å²) >= 11 is 0. The van der Waals surface area contributed by atoms with E-state index in [1.165, 1.54) is 0 Å². The van der Waals surface area contributed by atoms with Crippen molar-refractivity contribution < 1.29 is 13.2 Å². The molecule has 0 heterocycles. The van der Waals surface area contributed by atoms with Crippen molar-refractivity contribution in [3.05, 3.63) is 0 Å². The third-order valence-corrected chi connectivity index (χ3v) is 3.45. The number of primary sulfonamides is 1. The number of hydrogen-bond donors (Lipinski definition) is 1. The molecule has 5 heteroatoms. The molecule has 0 saturated heterocycles. The molecule has 0 aromatic carbocycles. The van der Waals surface area contributed by atoms with Crippen LogP contribution in [0.3, 0.4) is 0 Å². The van der Waals surface area contributed by atoms with Gasteiger partial charge in [0.25, 0.3) is 0 Å². The second-order valence-corrected chi connectivity index (χ2v) is 6.75. The van der Waals surface area contributed by atoms with Crippen molar-refractivity contribution in [2.24, 2.45) is 22.9 Å². The van der Waals surface area contributed by atoms with Gasteiger partial charge in [0.1, 0.15) is 0 Å². The predicted molar refractivity (Wildman–Crippen MR) is 66.6 cm³/mol. The van der Waals surface area contributed by atoms with Crippen molar-refractivity contribution >= 4 is 10.0 Å². The lowest BCUT2D eigenvalue weighted by molar-refractivity contribution is 0.0832. The summed E-state index contributed by atoms with van der Waals surface area (Å²) in [6.07, 6.45) is 1.00. The standard InChI is InChI=1S/C11H25NO3S/c1-9(2)5-6-15-7-11(10(3)4)8-16(12,13)14/h9-11H,5-8H2,1-4H3,(H2,12,13,14). The number of hydrogen-bond acceptors (Lipinski definition) is 3. The molecule has 1 atom stereocenters. The van der Waals surface area contributed by atoms with Crippen molar-refractivity contribution in [1.82, 2.24) is 0 Å². The smallest absolute Gasteiger partial charge is 0.209 e. The molecule has 0 amide bonds. The van der Waals surface area contributed by atoms with Crippen LogP contribution in [0.2, 0.25) is 0 Å². The zero-order valence-electron chi connectivity index (χ0n) is 10.8. The lowest BCUT2D eigenvalue weighted by atomic mass is 9.99. The van der Waals surface area contributed by atoms with Crippen molar-refractivity contribution in [3.8, 4) is 0 Å². The van der Waals surface area contributed by atoms with E-state index < -0.39 is 10.0 Å². The molecule has 0 aliphatic rings. The second-order valence-electron chi connectivity index (χ2n) is 5.09. The number of ether oxygens (including phenoxy) is 1. The molecule has 0 rings (SSSR count). The summed E-state index contributed by atoms with van der Waals surface area (Å²) < 4.78 is 27.5. The molecule has 0 bridgehead atoms. The molecule has 0 spiro atoms. The van der Waals surface area contributed by atoms with Crippen LogP contribution in [-0.2, 0) is 14.8 Å². The third kappa shape index (κ3) is 9.12. The highest BCUT2D eigenvalue weighted by Gasteiger charge is 2.19. The van der Waals surface area contributed by atoms with Gasteiger partial charge in [0.15, 0.2) is 0 Å². The van der Waals surface area contributed by atoms with E-state index in [9.17, 15) is 8.42 Å². The van der Waals surface area contributed by atoms with E-state index in [0.717, 1.165) is 6.42 Å². The van der Waals surface area contributed by atoms with Crippen LogP contribution in [0.15, 0.2) is 0 Å². The van der Waals surface area contributed by atoms with Crippen LogP contribution in [0.5, 0.6) is 0 Å². The Morgan fingerprint density at radius 1 is 1.19 bits per heavy atom. The average molecular weight is 251 g/mol. The normalized spacial score (nSPS) is 14.7. The third-order valence-electron chi connectivity index (χ3n) is 2.56. The van der Waals surface area contributed by atoms with Crippen molar-refractivity contribution in [2.45, 2.75) is 34.1 Å². The molecule has 0 aromatic heterocycles. The summed E-state index contributed by atoms with van der Waals surface area (Å²) in [7, 11) is -3.40. The summed E-state index contributed by atoms with van der Waals surface area (Å²) in [4.78, 5) is 0. The molecular formula is C11H25NO3S. The van der Waals surface area contributed by atoms with Crippen molar-refractivity contribution in [1.29, 1.82) is 0 Å². The Balaban J connectivity index is 3.96. The van der Waals surface area contributed by atoms with Crippen LogP contribution >= 0.6 is 0 Å². The topological polar surface area (TPSA) is 69.4 Å². The Morgan fingerprint density at radius 2 is 1.75 bits per heavy atom. The van der Waals surface area contributed by atoms with Gasteiger partial charge in [-0.15, -0.1) is 0 Å².